The number of carbonyl (C=O) groups excluding carboxylic acids is 1. The summed E-state index contributed by atoms with van der Waals surface area (Å²) in [4.78, 5) is 13.4. The third kappa shape index (κ3) is 4.55. The summed E-state index contributed by atoms with van der Waals surface area (Å²) in [6.07, 6.45) is 5.64. The fourth-order valence-corrected chi connectivity index (χ4v) is 6.89. The molecule has 1 aliphatic heterocycles. The lowest BCUT2D eigenvalue weighted by atomic mass is 9.96. The van der Waals surface area contributed by atoms with Gasteiger partial charge in [-0.25, -0.2) is 8.42 Å². The Bertz CT molecular complexity index is 783. The van der Waals surface area contributed by atoms with Gasteiger partial charge in [0.1, 0.15) is 0 Å². The van der Waals surface area contributed by atoms with E-state index in [1.165, 1.54) is 12.8 Å². The fourth-order valence-electron chi connectivity index (χ4n) is 4.49. The van der Waals surface area contributed by atoms with Crippen LogP contribution in [0.5, 0.6) is 0 Å². The molecule has 0 spiro atoms. The van der Waals surface area contributed by atoms with Gasteiger partial charge < -0.3 is 10.6 Å². The standard InChI is InChI=1S/C21H32N2O3S.ClH/c1-16-7-8-17(2)19(14-16)27(25,26)21(10-3-4-11-21)20(24)23-13-9-18-6-5-12-22-15-18;/h7-8,14,18,22H,3-6,9-13,15H2,1-2H3,(H,23,24);1H. The molecule has 1 heterocycles. The molecule has 1 aliphatic carbocycles. The van der Waals surface area contributed by atoms with E-state index in [0.29, 0.717) is 35.8 Å². The summed E-state index contributed by atoms with van der Waals surface area (Å²) in [7, 11) is -3.73. The van der Waals surface area contributed by atoms with Crippen molar-refractivity contribution >= 4 is 28.2 Å². The molecule has 1 saturated carbocycles. The fraction of sp³-hybridized carbons (Fsp3) is 0.667. The molecule has 0 aromatic heterocycles. The van der Waals surface area contributed by atoms with Gasteiger partial charge in [-0.05, 0) is 82.2 Å². The van der Waals surface area contributed by atoms with Crippen molar-refractivity contribution in [2.24, 2.45) is 5.92 Å². The minimum atomic E-state index is -3.73. The number of amides is 1. The van der Waals surface area contributed by atoms with E-state index in [1.807, 2.05) is 26.0 Å². The highest BCUT2D eigenvalue weighted by molar-refractivity contribution is 7.93. The van der Waals surface area contributed by atoms with Crippen LogP contribution in [-0.4, -0.2) is 38.7 Å². The number of nitrogens with one attached hydrogen (secondary N) is 2. The predicted molar refractivity (Wildman–Crippen MR) is 115 cm³/mol. The summed E-state index contributed by atoms with van der Waals surface area (Å²) >= 11 is 0. The molecule has 158 valence electrons. The Morgan fingerprint density at radius 2 is 1.93 bits per heavy atom. The van der Waals surface area contributed by atoms with Crippen molar-refractivity contribution in [3.05, 3.63) is 29.3 Å². The first kappa shape index (κ1) is 23.2. The Morgan fingerprint density at radius 1 is 1.21 bits per heavy atom. The van der Waals surface area contributed by atoms with E-state index in [0.717, 1.165) is 37.9 Å². The van der Waals surface area contributed by atoms with Gasteiger partial charge in [0, 0.05) is 6.54 Å². The van der Waals surface area contributed by atoms with Crippen LogP contribution in [0.2, 0.25) is 0 Å². The van der Waals surface area contributed by atoms with Crippen LogP contribution >= 0.6 is 12.4 Å². The molecule has 28 heavy (non-hydrogen) atoms. The van der Waals surface area contributed by atoms with E-state index in [9.17, 15) is 13.2 Å². The molecular weight excluding hydrogens is 396 g/mol. The van der Waals surface area contributed by atoms with Crippen molar-refractivity contribution in [1.29, 1.82) is 0 Å². The van der Waals surface area contributed by atoms with Gasteiger partial charge >= 0.3 is 0 Å². The summed E-state index contributed by atoms with van der Waals surface area (Å²) in [6.45, 7) is 6.30. The molecule has 1 amide bonds. The van der Waals surface area contributed by atoms with Crippen molar-refractivity contribution in [1.82, 2.24) is 10.6 Å². The molecule has 1 aromatic carbocycles. The number of halogens is 1. The van der Waals surface area contributed by atoms with E-state index >= 15 is 0 Å². The molecule has 1 unspecified atom stereocenters. The van der Waals surface area contributed by atoms with Crippen molar-refractivity contribution < 1.29 is 13.2 Å². The van der Waals surface area contributed by atoms with Gasteiger partial charge in [0.2, 0.25) is 5.91 Å². The lowest BCUT2D eigenvalue weighted by molar-refractivity contribution is -0.123. The van der Waals surface area contributed by atoms with Crippen LogP contribution in [0, 0.1) is 19.8 Å². The molecule has 0 bridgehead atoms. The zero-order valence-corrected chi connectivity index (χ0v) is 18.6. The number of hydrogen-bond donors (Lipinski definition) is 2. The van der Waals surface area contributed by atoms with Crippen LogP contribution in [0.25, 0.3) is 0 Å². The van der Waals surface area contributed by atoms with Gasteiger partial charge in [-0.1, -0.05) is 25.0 Å². The van der Waals surface area contributed by atoms with Gasteiger partial charge in [0.05, 0.1) is 4.90 Å². The lowest BCUT2D eigenvalue weighted by Crippen LogP contribution is -2.51. The largest absolute Gasteiger partial charge is 0.355 e. The molecule has 0 radical (unpaired) electrons. The Labute approximate surface area is 175 Å². The normalized spacial score (nSPS) is 21.7. The van der Waals surface area contributed by atoms with Crippen LogP contribution < -0.4 is 10.6 Å². The van der Waals surface area contributed by atoms with Crippen LogP contribution in [-0.2, 0) is 14.6 Å². The van der Waals surface area contributed by atoms with Gasteiger partial charge in [0.15, 0.2) is 14.6 Å². The van der Waals surface area contributed by atoms with Crippen molar-refractivity contribution in [2.75, 3.05) is 19.6 Å². The first-order valence-corrected chi connectivity index (χ1v) is 11.7. The molecular formula is C21H33ClN2O3S. The maximum Gasteiger partial charge on any atom is 0.241 e. The van der Waals surface area contributed by atoms with Crippen LogP contribution in [0.1, 0.15) is 56.1 Å². The molecule has 2 N–H and O–H groups in total. The first-order chi connectivity index (χ1) is 12.9. The zero-order chi connectivity index (χ0) is 19.5. The maximum absolute atomic E-state index is 13.6. The Morgan fingerprint density at radius 3 is 2.57 bits per heavy atom. The molecule has 7 heteroatoms. The quantitative estimate of drug-likeness (QED) is 0.728. The number of piperidine rings is 1. The molecule has 1 atom stereocenters. The smallest absolute Gasteiger partial charge is 0.241 e. The molecule has 1 aromatic rings. The summed E-state index contributed by atoms with van der Waals surface area (Å²) in [5.41, 5.74) is 1.62. The molecule has 3 rings (SSSR count). The van der Waals surface area contributed by atoms with Crippen molar-refractivity contribution in [2.45, 2.75) is 68.4 Å². The van der Waals surface area contributed by atoms with Gasteiger partial charge in [-0.15, -0.1) is 12.4 Å². The minimum absolute atomic E-state index is 0. The van der Waals surface area contributed by atoms with E-state index in [1.54, 1.807) is 6.07 Å². The number of rotatable bonds is 6. The average molecular weight is 429 g/mol. The van der Waals surface area contributed by atoms with Gasteiger partial charge in [0.25, 0.3) is 0 Å². The second kappa shape index (κ2) is 9.59. The second-order valence-corrected chi connectivity index (χ2v) is 10.5. The Balaban J connectivity index is 0.00000280. The maximum atomic E-state index is 13.6. The highest BCUT2D eigenvalue weighted by atomic mass is 35.5. The number of aryl methyl sites for hydroxylation is 2. The van der Waals surface area contributed by atoms with Crippen molar-refractivity contribution in [3.8, 4) is 0 Å². The predicted octanol–water partition coefficient (Wildman–Crippen LogP) is 3.32. The third-order valence-electron chi connectivity index (χ3n) is 6.21. The lowest BCUT2D eigenvalue weighted by Gasteiger charge is -2.29. The number of carbonyl (C=O) groups is 1. The topological polar surface area (TPSA) is 75.3 Å². The minimum Gasteiger partial charge on any atom is -0.355 e. The molecule has 5 nitrogen and oxygen atoms in total. The van der Waals surface area contributed by atoms with E-state index < -0.39 is 14.6 Å². The van der Waals surface area contributed by atoms with E-state index in [4.69, 9.17) is 0 Å². The second-order valence-electron chi connectivity index (χ2n) is 8.23. The number of hydrogen-bond acceptors (Lipinski definition) is 4. The van der Waals surface area contributed by atoms with E-state index in [2.05, 4.69) is 10.6 Å². The highest BCUT2D eigenvalue weighted by Gasteiger charge is 2.53. The Hall–Kier alpha value is -1.11. The highest BCUT2D eigenvalue weighted by Crippen LogP contribution is 2.41. The summed E-state index contributed by atoms with van der Waals surface area (Å²) in [5.74, 6) is 0.263. The van der Waals surface area contributed by atoms with E-state index in [-0.39, 0.29) is 18.3 Å². The summed E-state index contributed by atoms with van der Waals surface area (Å²) < 4.78 is 25.8. The van der Waals surface area contributed by atoms with Crippen molar-refractivity contribution in [3.63, 3.8) is 0 Å². The number of benzene rings is 1. The molecule has 2 fully saturated rings. The SMILES string of the molecule is Cc1ccc(C)c(S(=O)(=O)C2(C(=O)NCCC3CCCNC3)CCCC2)c1.Cl. The first-order valence-electron chi connectivity index (χ1n) is 10.2. The van der Waals surface area contributed by atoms with Crippen LogP contribution in [0.3, 0.4) is 0 Å². The zero-order valence-electron chi connectivity index (χ0n) is 16.9. The monoisotopic (exact) mass is 428 g/mol. The molecule has 1 saturated heterocycles. The van der Waals surface area contributed by atoms with Gasteiger partial charge in [-0.2, -0.15) is 0 Å². The van der Waals surface area contributed by atoms with Crippen LogP contribution in [0.4, 0.5) is 0 Å². The summed E-state index contributed by atoms with van der Waals surface area (Å²) in [6, 6.07) is 5.46. The average Bonchev–Trinajstić information content (AvgIpc) is 3.16. The molecule has 2 aliphatic rings. The van der Waals surface area contributed by atoms with Crippen LogP contribution in [0.15, 0.2) is 23.1 Å². The number of sulfone groups is 1. The third-order valence-corrected chi connectivity index (χ3v) is 8.85. The summed E-state index contributed by atoms with van der Waals surface area (Å²) in [5, 5.41) is 6.36. The Kier molecular flexibility index (Phi) is 7.94. The van der Waals surface area contributed by atoms with Gasteiger partial charge in [-0.3, -0.25) is 4.79 Å².